The highest BCUT2D eigenvalue weighted by atomic mass is 19.1. The Morgan fingerprint density at radius 1 is 1.20 bits per heavy atom. The van der Waals surface area contributed by atoms with E-state index in [0.29, 0.717) is 12.1 Å². The van der Waals surface area contributed by atoms with Gasteiger partial charge in [0.25, 0.3) is 0 Å². The topological polar surface area (TPSA) is 40.5 Å². The van der Waals surface area contributed by atoms with Gasteiger partial charge in [0.1, 0.15) is 11.6 Å². The summed E-state index contributed by atoms with van der Waals surface area (Å²) in [7, 11) is 1.68. The molecule has 0 saturated heterocycles. The highest BCUT2D eigenvalue weighted by Gasteiger charge is 2.05. The smallest absolute Gasteiger partial charge is 0.317 e. The minimum absolute atomic E-state index is 0.0986. The molecule has 2 aromatic carbocycles. The summed E-state index contributed by atoms with van der Waals surface area (Å²) in [5, 5.41) is 8.81. The molecule has 0 aliphatic carbocycles. The van der Waals surface area contributed by atoms with E-state index in [1.807, 2.05) is 30.3 Å². The van der Waals surface area contributed by atoms with Crippen molar-refractivity contribution in [2.75, 3.05) is 20.1 Å². The molecule has 0 spiro atoms. The van der Waals surface area contributed by atoms with Crippen LogP contribution >= 0.6 is 0 Å². The van der Waals surface area contributed by atoms with Crippen LogP contribution in [0.2, 0.25) is 0 Å². The molecule has 0 aliphatic heterocycles. The van der Waals surface area contributed by atoms with Crippen molar-refractivity contribution < 1.29 is 18.7 Å². The van der Waals surface area contributed by atoms with Crippen molar-refractivity contribution in [1.29, 1.82) is 0 Å². The number of carbonyl (C=O) groups is 1. The van der Waals surface area contributed by atoms with Crippen LogP contribution in [0.5, 0.6) is 0 Å². The lowest BCUT2D eigenvalue weighted by Crippen LogP contribution is -2.25. The first-order chi connectivity index (χ1) is 12.0. The zero-order valence-corrected chi connectivity index (χ0v) is 13.7. The molecule has 0 unspecified atom stereocenters. The van der Waals surface area contributed by atoms with E-state index in [-0.39, 0.29) is 12.1 Å². The number of carboxylic acid groups (broad SMARTS) is 1. The van der Waals surface area contributed by atoms with Crippen molar-refractivity contribution in [3.63, 3.8) is 0 Å². The molecule has 128 valence electrons. The lowest BCUT2D eigenvalue weighted by molar-refractivity contribution is -0.137. The predicted octanol–water partition coefficient (Wildman–Crippen LogP) is 3.42. The fourth-order valence-corrected chi connectivity index (χ4v) is 2.13. The van der Waals surface area contributed by atoms with Crippen LogP contribution < -0.4 is 0 Å². The van der Waals surface area contributed by atoms with E-state index in [4.69, 9.17) is 5.11 Å². The van der Waals surface area contributed by atoms with Crippen molar-refractivity contribution in [3.8, 4) is 11.8 Å². The van der Waals surface area contributed by atoms with Crippen LogP contribution in [0.1, 0.15) is 11.1 Å². The van der Waals surface area contributed by atoms with Crippen LogP contribution in [-0.2, 0) is 4.79 Å². The van der Waals surface area contributed by atoms with Gasteiger partial charge in [-0.3, -0.25) is 9.69 Å². The summed E-state index contributed by atoms with van der Waals surface area (Å²) in [6, 6.07) is 12.5. The van der Waals surface area contributed by atoms with E-state index in [9.17, 15) is 13.6 Å². The molecule has 0 bridgehead atoms. The van der Waals surface area contributed by atoms with Crippen LogP contribution in [0, 0.1) is 23.5 Å². The molecule has 25 heavy (non-hydrogen) atoms. The van der Waals surface area contributed by atoms with Gasteiger partial charge in [-0.25, -0.2) is 8.78 Å². The second-order valence-electron chi connectivity index (χ2n) is 5.45. The van der Waals surface area contributed by atoms with Crippen LogP contribution in [0.15, 0.2) is 54.6 Å². The van der Waals surface area contributed by atoms with Crippen molar-refractivity contribution in [1.82, 2.24) is 4.90 Å². The summed E-state index contributed by atoms with van der Waals surface area (Å²) in [4.78, 5) is 12.4. The van der Waals surface area contributed by atoms with Crippen molar-refractivity contribution in [2.45, 2.75) is 0 Å². The maximum atomic E-state index is 13.7. The molecule has 0 heterocycles. The monoisotopic (exact) mass is 341 g/mol. The van der Waals surface area contributed by atoms with E-state index in [1.54, 1.807) is 18.0 Å². The Hall–Kier alpha value is -2.97. The highest BCUT2D eigenvalue weighted by molar-refractivity contribution is 5.79. The number of aliphatic carboxylic acids is 1. The zero-order chi connectivity index (χ0) is 18.2. The first-order valence-electron chi connectivity index (χ1n) is 7.58. The van der Waals surface area contributed by atoms with Crippen molar-refractivity contribution in [2.24, 2.45) is 0 Å². The van der Waals surface area contributed by atoms with Gasteiger partial charge in [-0.2, -0.15) is 0 Å². The number of halogens is 2. The summed E-state index contributed by atoms with van der Waals surface area (Å²) < 4.78 is 26.7. The molecular formula is C20H17F2NO2. The van der Waals surface area contributed by atoms with Gasteiger partial charge in [-0.05, 0) is 24.7 Å². The molecular weight excluding hydrogens is 324 g/mol. The maximum Gasteiger partial charge on any atom is 0.317 e. The Bertz CT molecular complexity index is 836. The van der Waals surface area contributed by atoms with Crippen molar-refractivity contribution >= 4 is 11.5 Å². The standard InChI is InChI=1S/C20H17F2NO2/c1-23(14-20(24)25)12-11-16(15-5-3-2-4-6-15)7-8-17-9-10-18(21)13-19(17)22/h2-6,9-11,13H,12,14H2,1H3,(H,24,25). The van der Waals surface area contributed by atoms with E-state index in [0.717, 1.165) is 17.7 Å². The third-order valence-corrected chi connectivity index (χ3v) is 3.36. The lowest BCUT2D eigenvalue weighted by Gasteiger charge is -2.11. The minimum Gasteiger partial charge on any atom is -0.480 e. The van der Waals surface area contributed by atoms with Gasteiger partial charge in [-0.1, -0.05) is 48.2 Å². The highest BCUT2D eigenvalue weighted by Crippen LogP contribution is 2.14. The van der Waals surface area contributed by atoms with Gasteiger partial charge in [-0.15, -0.1) is 0 Å². The van der Waals surface area contributed by atoms with Gasteiger partial charge in [0.15, 0.2) is 0 Å². The number of rotatable bonds is 5. The third-order valence-electron chi connectivity index (χ3n) is 3.36. The molecule has 0 aromatic heterocycles. The summed E-state index contributed by atoms with van der Waals surface area (Å²) >= 11 is 0. The molecule has 0 saturated carbocycles. The molecule has 3 nitrogen and oxygen atoms in total. The van der Waals surface area contributed by atoms with E-state index in [2.05, 4.69) is 11.8 Å². The van der Waals surface area contributed by atoms with E-state index >= 15 is 0 Å². The van der Waals surface area contributed by atoms with Crippen LogP contribution in [-0.4, -0.2) is 36.1 Å². The summed E-state index contributed by atoms with van der Waals surface area (Å²) in [6.45, 7) is 0.274. The number of hydrogen-bond acceptors (Lipinski definition) is 2. The third kappa shape index (κ3) is 5.87. The quantitative estimate of drug-likeness (QED) is 0.847. The SMILES string of the molecule is CN(CC=C(C#Cc1ccc(F)cc1F)c1ccccc1)CC(=O)O. The summed E-state index contributed by atoms with van der Waals surface area (Å²) in [5.74, 6) is 3.31. The fraction of sp³-hybridized carbons (Fsp3) is 0.150. The second-order valence-corrected chi connectivity index (χ2v) is 5.45. The number of nitrogens with zero attached hydrogens (tertiary/aromatic N) is 1. The predicted molar refractivity (Wildman–Crippen MR) is 92.8 cm³/mol. The van der Waals surface area contributed by atoms with Crippen molar-refractivity contribution in [3.05, 3.63) is 77.4 Å². The first-order valence-corrected chi connectivity index (χ1v) is 7.58. The molecule has 0 amide bonds. The van der Waals surface area contributed by atoms with E-state index < -0.39 is 17.6 Å². The zero-order valence-electron chi connectivity index (χ0n) is 13.7. The molecule has 0 fully saturated rings. The molecule has 2 aromatic rings. The average Bonchev–Trinajstić information content (AvgIpc) is 2.56. The number of benzene rings is 2. The van der Waals surface area contributed by atoms with Crippen LogP contribution in [0.25, 0.3) is 5.57 Å². The van der Waals surface area contributed by atoms with E-state index in [1.165, 1.54) is 6.07 Å². The summed E-state index contributed by atoms with van der Waals surface area (Å²) in [5.41, 5.74) is 1.57. The van der Waals surface area contributed by atoms with Crippen LogP contribution in [0.3, 0.4) is 0 Å². The largest absolute Gasteiger partial charge is 0.480 e. The Labute approximate surface area is 145 Å². The fourth-order valence-electron chi connectivity index (χ4n) is 2.13. The lowest BCUT2D eigenvalue weighted by atomic mass is 10.1. The normalized spacial score (nSPS) is 11.1. The second kappa shape index (κ2) is 8.76. The number of carboxylic acids is 1. The maximum absolute atomic E-state index is 13.7. The summed E-state index contributed by atoms with van der Waals surface area (Å²) in [6.07, 6.45) is 1.78. The molecule has 0 aliphatic rings. The Morgan fingerprint density at radius 3 is 2.56 bits per heavy atom. The number of hydrogen-bond donors (Lipinski definition) is 1. The van der Waals surface area contributed by atoms with Gasteiger partial charge >= 0.3 is 5.97 Å². The number of allylic oxidation sites excluding steroid dienone is 1. The molecule has 0 atom stereocenters. The molecule has 2 rings (SSSR count). The molecule has 0 radical (unpaired) electrons. The minimum atomic E-state index is -0.920. The Morgan fingerprint density at radius 2 is 1.92 bits per heavy atom. The van der Waals surface area contributed by atoms with Gasteiger partial charge in [0.05, 0.1) is 12.1 Å². The van der Waals surface area contributed by atoms with Crippen LogP contribution in [0.4, 0.5) is 8.78 Å². The Kier molecular flexibility index (Phi) is 6.44. The average molecular weight is 341 g/mol. The first kappa shape index (κ1) is 18.4. The van der Waals surface area contributed by atoms with Gasteiger partial charge < -0.3 is 5.11 Å². The molecule has 1 N–H and O–H groups in total. The number of likely N-dealkylation sites (N-methyl/N-ethyl adjacent to an activating group) is 1. The van der Waals surface area contributed by atoms with Gasteiger partial charge in [0.2, 0.25) is 0 Å². The molecule has 5 heteroatoms. The Balaban J connectivity index is 2.30. The van der Waals surface area contributed by atoms with Gasteiger partial charge in [0, 0.05) is 18.2 Å².